The summed E-state index contributed by atoms with van der Waals surface area (Å²) in [6, 6.07) is 0. The molecular weight excluding hydrogens is 399 g/mol. The Morgan fingerprint density at radius 2 is 1.59 bits per heavy atom. The van der Waals surface area contributed by atoms with Gasteiger partial charge in [-0.15, -0.1) is 0 Å². The summed E-state index contributed by atoms with van der Waals surface area (Å²) in [5.74, 6) is -3.28. The molecule has 142 valence electrons. The van der Waals surface area contributed by atoms with Gasteiger partial charge < -0.3 is 14.6 Å². The quantitative estimate of drug-likeness (QED) is 0.206. The average molecular weight is 410 g/mol. The molecule has 0 aliphatic rings. The van der Waals surface area contributed by atoms with Gasteiger partial charge in [0, 0.05) is 0 Å². The van der Waals surface area contributed by atoms with Crippen LogP contribution < -0.4 is 10.9 Å². The van der Waals surface area contributed by atoms with Crippen LogP contribution in [-0.4, -0.2) is 79.7 Å². The molecule has 0 atom stereocenters. The molecule has 0 aliphatic carbocycles. The highest BCUT2D eigenvalue weighted by Gasteiger charge is 2.26. The number of carboxylic acids is 1. The first kappa shape index (κ1) is 24.4. The summed E-state index contributed by atoms with van der Waals surface area (Å²) in [4.78, 5) is 35.2. The summed E-state index contributed by atoms with van der Waals surface area (Å²) < 4.78 is 38.4. The molecular formula is C15H10B4O9S. The van der Waals surface area contributed by atoms with Crippen molar-refractivity contribution < 1.29 is 41.9 Å². The van der Waals surface area contributed by atoms with Gasteiger partial charge in [0.2, 0.25) is 0 Å². The number of carbonyl (C=O) groups is 3. The van der Waals surface area contributed by atoms with Gasteiger partial charge in [-0.25, -0.2) is 14.4 Å². The SMILES string of the molecule is [B]Cc1c([B])c(C[B])c(C(=O)OC#CC(=O)OCCS(=O)(=O)O)c(C(=O)O)c1[B]. The number of carbonyl (C=O) groups excluding carboxylic acids is 2. The predicted molar refractivity (Wildman–Crippen MR) is 104 cm³/mol. The lowest BCUT2D eigenvalue weighted by molar-refractivity contribution is -0.136. The van der Waals surface area contributed by atoms with Crippen LogP contribution in [0.2, 0.25) is 0 Å². The summed E-state index contributed by atoms with van der Waals surface area (Å²) in [6.45, 7) is -0.686. The summed E-state index contributed by atoms with van der Waals surface area (Å²) >= 11 is 0. The molecule has 2 N–H and O–H groups in total. The smallest absolute Gasteiger partial charge is 0.387 e. The zero-order chi connectivity index (χ0) is 22.4. The molecule has 0 aliphatic heterocycles. The third-order valence-electron chi connectivity index (χ3n) is 3.49. The molecule has 29 heavy (non-hydrogen) atoms. The molecule has 8 radical (unpaired) electrons. The zero-order valence-corrected chi connectivity index (χ0v) is 15.6. The number of carboxylic acid groups (broad SMARTS) is 1. The average Bonchev–Trinajstić information content (AvgIpc) is 2.60. The Bertz CT molecular complexity index is 1010. The second-order valence-electron chi connectivity index (χ2n) is 5.29. The van der Waals surface area contributed by atoms with Crippen molar-refractivity contribution in [2.45, 2.75) is 12.6 Å². The molecule has 1 aromatic carbocycles. The molecule has 0 amide bonds. The lowest BCUT2D eigenvalue weighted by Gasteiger charge is -2.20. The van der Waals surface area contributed by atoms with E-state index in [1.54, 1.807) is 12.0 Å². The molecule has 14 heteroatoms. The molecule has 0 bridgehead atoms. The van der Waals surface area contributed by atoms with Crippen molar-refractivity contribution in [1.29, 1.82) is 0 Å². The highest BCUT2D eigenvalue weighted by atomic mass is 32.2. The van der Waals surface area contributed by atoms with Gasteiger partial charge in [-0.1, -0.05) is 29.1 Å². The van der Waals surface area contributed by atoms with Crippen molar-refractivity contribution in [3.8, 4) is 12.0 Å². The Balaban J connectivity index is 3.15. The number of benzene rings is 1. The number of rotatable bonds is 7. The van der Waals surface area contributed by atoms with Gasteiger partial charge in [-0.2, -0.15) is 8.42 Å². The van der Waals surface area contributed by atoms with Crippen LogP contribution in [0.3, 0.4) is 0 Å². The first-order chi connectivity index (χ1) is 13.4. The summed E-state index contributed by atoms with van der Waals surface area (Å²) in [7, 11) is 18.4. The minimum Gasteiger partial charge on any atom is -0.478 e. The van der Waals surface area contributed by atoms with Crippen molar-refractivity contribution in [3.63, 3.8) is 0 Å². The summed E-state index contributed by atoms with van der Waals surface area (Å²) in [6.07, 6.45) is 1.12. The van der Waals surface area contributed by atoms with E-state index in [9.17, 15) is 27.9 Å². The predicted octanol–water partition coefficient (Wildman–Crippen LogP) is -3.14. The maximum atomic E-state index is 12.3. The van der Waals surface area contributed by atoms with Crippen molar-refractivity contribution in [2.24, 2.45) is 0 Å². The van der Waals surface area contributed by atoms with Crippen LogP contribution in [0.5, 0.6) is 0 Å². The minimum absolute atomic E-state index is 0.0815. The summed E-state index contributed by atoms with van der Waals surface area (Å²) in [5, 5.41) is 9.41. The van der Waals surface area contributed by atoms with Gasteiger partial charge in [0.05, 0.1) is 32.7 Å². The van der Waals surface area contributed by atoms with Crippen molar-refractivity contribution in [3.05, 3.63) is 22.3 Å². The van der Waals surface area contributed by atoms with Gasteiger partial charge in [-0.3, -0.25) is 4.55 Å². The van der Waals surface area contributed by atoms with Crippen molar-refractivity contribution in [2.75, 3.05) is 12.4 Å². The molecule has 0 aromatic heterocycles. The van der Waals surface area contributed by atoms with Crippen LogP contribution in [0.15, 0.2) is 0 Å². The van der Waals surface area contributed by atoms with Gasteiger partial charge in [0.15, 0.2) is 0 Å². The van der Waals surface area contributed by atoms with E-state index in [1.165, 1.54) is 0 Å². The molecule has 0 saturated heterocycles. The molecule has 0 spiro atoms. The Labute approximate surface area is 171 Å². The molecule has 0 saturated carbocycles. The largest absolute Gasteiger partial charge is 0.478 e. The Hall–Kier alpha value is -2.64. The van der Waals surface area contributed by atoms with Gasteiger partial charge in [0.1, 0.15) is 34.2 Å². The first-order valence-electron chi connectivity index (χ1n) is 7.64. The van der Waals surface area contributed by atoms with E-state index in [4.69, 9.17) is 35.9 Å². The normalized spacial score (nSPS) is 10.5. The standard InChI is InChI=1S/C15H10B4O9S/c16-5-7-10(11(14(21)22)13(19)8(6-17)12(7)18)15(23)28-2-1-9(20)27-3-4-29(24,25)26/h3-6H2,(H,21,22)(H,24,25,26). The van der Waals surface area contributed by atoms with E-state index in [1.807, 2.05) is 0 Å². The van der Waals surface area contributed by atoms with Crippen LogP contribution in [-0.2, 0) is 37.0 Å². The highest BCUT2D eigenvalue weighted by molar-refractivity contribution is 7.85. The Morgan fingerprint density at radius 3 is 2.07 bits per heavy atom. The maximum absolute atomic E-state index is 12.3. The fraction of sp³-hybridized carbons (Fsp3) is 0.267. The number of hydrogen-bond donors (Lipinski definition) is 2. The topological polar surface area (TPSA) is 144 Å². The van der Waals surface area contributed by atoms with Gasteiger partial charge in [0.25, 0.3) is 10.1 Å². The van der Waals surface area contributed by atoms with E-state index < -0.39 is 51.5 Å². The number of esters is 2. The van der Waals surface area contributed by atoms with Crippen molar-refractivity contribution in [1.82, 2.24) is 0 Å². The third kappa shape index (κ3) is 6.44. The molecule has 0 heterocycles. The monoisotopic (exact) mass is 410 g/mol. The van der Waals surface area contributed by atoms with Gasteiger partial charge >= 0.3 is 17.9 Å². The Morgan fingerprint density at radius 1 is 1.00 bits per heavy atom. The highest BCUT2D eigenvalue weighted by Crippen LogP contribution is 2.16. The molecule has 1 aromatic rings. The second kappa shape index (κ2) is 10.2. The van der Waals surface area contributed by atoms with E-state index in [0.29, 0.717) is 0 Å². The molecule has 0 unspecified atom stereocenters. The van der Waals surface area contributed by atoms with Crippen LogP contribution in [0.4, 0.5) is 0 Å². The number of ether oxygens (including phenoxy) is 2. The second-order valence-corrected chi connectivity index (χ2v) is 6.86. The Kier molecular flexibility index (Phi) is 8.60. The molecule has 9 nitrogen and oxygen atoms in total. The number of aromatic carboxylic acids is 1. The van der Waals surface area contributed by atoms with Crippen LogP contribution >= 0.6 is 0 Å². The fourth-order valence-corrected chi connectivity index (χ4v) is 2.51. The van der Waals surface area contributed by atoms with E-state index >= 15 is 0 Å². The maximum Gasteiger partial charge on any atom is 0.387 e. The zero-order valence-electron chi connectivity index (χ0n) is 14.8. The van der Waals surface area contributed by atoms with Crippen LogP contribution in [0.25, 0.3) is 0 Å². The molecule has 1 rings (SSSR count). The van der Waals surface area contributed by atoms with Crippen LogP contribution in [0.1, 0.15) is 31.8 Å². The third-order valence-corrected chi connectivity index (χ3v) is 4.18. The van der Waals surface area contributed by atoms with Crippen LogP contribution in [0, 0.1) is 12.0 Å². The van der Waals surface area contributed by atoms with Gasteiger partial charge in [-0.05, 0) is 5.56 Å². The summed E-state index contributed by atoms with van der Waals surface area (Å²) in [5.41, 5.74) is -1.61. The van der Waals surface area contributed by atoms with E-state index in [0.717, 1.165) is 0 Å². The van der Waals surface area contributed by atoms with E-state index in [2.05, 4.69) is 9.47 Å². The fourth-order valence-electron chi connectivity index (χ4n) is 2.22. The van der Waals surface area contributed by atoms with E-state index in [-0.39, 0.29) is 34.7 Å². The molecule has 0 fully saturated rings. The minimum atomic E-state index is -4.34. The number of hydrogen-bond acceptors (Lipinski definition) is 7. The lowest BCUT2D eigenvalue weighted by Crippen LogP contribution is -2.35. The van der Waals surface area contributed by atoms with Crippen molar-refractivity contribution >= 4 is 70.3 Å². The lowest BCUT2D eigenvalue weighted by atomic mass is 9.68. The first-order valence-corrected chi connectivity index (χ1v) is 9.25.